The molecular weight excluding hydrogens is 438 g/mol. The third-order valence-corrected chi connectivity index (χ3v) is 6.86. The van der Waals surface area contributed by atoms with Gasteiger partial charge < -0.3 is 5.11 Å². The Morgan fingerprint density at radius 3 is 2.27 bits per heavy atom. The predicted octanol–water partition coefficient (Wildman–Crippen LogP) is 4.70. The summed E-state index contributed by atoms with van der Waals surface area (Å²) in [5.41, 5.74) is 0.917. The second-order valence-electron chi connectivity index (χ2n) is 6.33. The highest BCUT2D eigenvalue weighted by atomic mass is 79.9. The van der Waals surface area contributed by atoms with Gasteiger partial charge in [0.1, 0.15) is 0 Å². The topological polar surface area (TPSA) is 57.6 Å². The Kier molecular flexibility index (Phi) is 8.10. The number of rotatable bonds is 9. The summed E-state index contributed by atoms with van der Waals surface area (Å²) in [5.74, 6) is 0.243. The highest BCUT2D eigenvalue weighted by Crippen LogP contribution is 2.23. The van der Waals surface area contributed by atoms with E-state index in [1.165, 1.54) is 16.4 Å². The molecule has 0 fully saturated rings. The van der Waals surface area contributed by atoms with E-state index in [1.54, 1.807) is 12.1 Å². The van der Waals surface area contributed by atoms with Gasteiger partial charge in [0, 0.05) is 29.2 Å². The smallest absolute Gasteiger partial charge is 0.243 e. The van der Waals surface area contributed by atoms with E-state index in [0.717, 1.165) is 10.0 Å². The van der Waals surface area contributed by atoms with Crippen molar-refractivity contribution in [2.45, 2.75) is 31.2 Å². The zero-order valence-electron chi connectivity index (χ0n) is 14.6. The highest BCUT2D eigenvalue weighted by molar-refractivity contribution is 9.10. The van der Waals surface area contributed by atoms with E-state index in [4.69, 9.17) is 16.7 Å². The third-order valence-electron chi connectivity index (χ3n) is 4.22. The zero-order valence-corrected chi connectivity index (χ0v) is 17.8. The van der Waals surface area contributed by atoms with Gasteiger partial charge in [-0.1, -0.05) is 46.6 Å². The first-order valence-corrected chi connectivity index (χ1v) is 11.0. The lowest BCUT2D eigenvalue weighted by atomic mass is 10.0. The summed E-state index contributed by atoms with van der Waals surface area (Å²) >= 11 is 9.28. The van der Waals surface area contributed by atoms with Crippen molar-refractivity contribution >= 4 is 37.6 Å². The van der Waals surface area contributed by atoms with E-state index in [-0.39, 0.29) is 17.4 Å². The number of hydrogen-bond donors (Lipinski definition) is 1. The summed E-state index contributed by atoms with van der Waals surface area (Å²) in [6.07, 6.45) is 1.34. The van der Waals surface area contributed by atoms with Crippen LogP contribution in [0.5, 0.6) is 0 Å². The molecule has 0 aliphatic heterocycles. The number of hydrogen-bond acceptors (Lipinski definition) is 3. The number of aliphatic hydroxyl groups excluding tert-OH is 1. The van der Waals surface area contributed by atoms with Gasteiger partial charge >= 0.3 is 0 Å². The molecule has 7 heteroatoms. The Hall–Kier alpha value is -0.920. The van der Waals surface area contributed by atoms with Crippen molar-refractivity contribution in [1.82, 2.24) is 4.31 Å². The van der Waals surface area contributed by atoms with E-state index >= 15 is 0 Å². The first-order chi connectivity index (χ1) is 12.3. The van der Waals surface area contributed by atoms with Gasteiger partial charge in [-0.05, 0) is 60.7 Å². The second-order valence-corrected chi connectivity index (χ2v) is 9.62. The first kappa shape index (κ1) is 21.4. The summed E-state index contributed by atoms with van der Waals surface area (Å²) in [5, 5.41) is 9.58. The zero-order chi connectivity index (χ0) is 19.2. The monoisotopic (exact) mass is 459 g/mol. The molecule has 1 N–H and O–H groups in total. The first-order valence-electron chi connectivity index (χ1n) is 8.44. The van der Waals surface area contributed by atoms with Gasteiger partial charge in [0.15, 0.2) is 0 Å². The summed E-state index contributed by atoms with van der Waals surface area (Å²) in [7, 11) is -3.64. The van der Waals surface area contributed by atoms with Crippen LogP contribution in [0.3, 0.4) is 0 Å². The summed E-state index contributed by atoms with van der Waals surface area (Å²) in [4.78, 5) is 0.230. The molecule has 142 valence electrons. The number of halogens is 2. The van der Waals surface area contributed by atoms with E-state index in [9.17, 15) is 8.42 Å². The van der Waals surface area contributed by atoms with Crippen LogP contribution in [0.2, 0.25) is 5.02 Å². The predicted molar refractivity (Wildman–Crippen MR) is 109 cm³/mol. The number of sulfonamides is 1. The van der Waals surface area contributed by atoms with Gasteiger partial charge in [0.2, 0.25) is 10.0 Å². The number of nitrogens with zero attached hydrogens (tertiary/aromatic N) is 1. The fraction of sp³-hybridized carbons (Fsp3) is 0.368. The highest BCUT2D eigenvalue weighted by Gasteiger charge is 2.25. The van der Waals surface area contributed by atoms with Gasteiger partial charge in [0.05, 0.1) is 4.90 Å². The molecule has 2 aromatic carbocycles. The van der Waals surface area contributed by atoms with Crippen molar-refractivity contribution in [2.24, 2.45) is 5.92 Å². The average Bonchev–Trinajstić information content (AvgIpc) is 2.60. The van der Waals surface area contributed by atoms with Crippen LogP contribution < -0.4 is 0 Å². The molecular formula is C19H23BrClNO3S. The van der Waals surface area contributed by atoms with Crippen LogP contribution in [0.4, 0.5) is 0 Å². The summed E-state index contributed by atoms with van der Waals surface area (Å²) < 4.78 is 28.7. The standard InChI is InChI=1S/C19H23BrClNO3S/c1-15(11-13-23)10-12-22(14-16-2-4-17(20)5-3-16)26(24,25)19-8-6-18(21)7-9-19/h2-9,15,23H,10-14H2,1H3/t15-/m1/s1. The lowest BCUT2D eigenvalue weighted by molar-refractivity contribution is 0.251. The molecule has 2 rings (SSSR count). The van der Waals surface area contributed by atoms with Gasteiger partial charge in [-0.15, -0.1) is 0 Å². The fourth-order valence-corrected chi connectivity index (χ4v) is 4.40. The fourth-order valence-electron chi connectivity index (χ4n) is 2.56. The minimum Gasteiger partial charge on any atom is -0.396 e. The van der Waals surface area contributed by atoms with Crippen molar-refractivity contribution in [3.63, 3.8) is 0 Å². The average molecular weight is 461 g/mol. The minimum absolute atomic E-state index is 0.109. The van der Waals surface area contributed by atoms with Crippen LogP contribution in [-0.4, -0.2) is 31.0 Å². The van der Waals surface area contributed by atoms with Crippen LogP contribution in [0, 0.1) is 5.92 Å². The normalized spacial score (nSPS) is 13.1. The van der Waals surface area contributed by atoms with E-state index in [1.807, 2.05) is 31.2 Å². The molecule has 0 heterocycles. The van der Waals surface area contributed by atoms with Crippen molar-refractivity contribution in [2.75, 3.05) is 13.2 Å². The Morgan fingerprint density at radius 1 is 1.08 bits per heavy atom. The maximum Gasteiger partial charge on any atom is 0.243 e. The van der Waals surface area contributed by atoms with E-state index in [0.29, 0.717) is 31.0 Å². The molecule has 0 aliphatic rings. The molecule has 1 atom stereocenters. The van der Waals surface area contributed by atoms with Gasteiger partial charge in [-0.2, -0.15) is 4.31 Å². The molecule has 4 nitrogen and oxygen atoms in total. The number of aliphatic hydroxyl groups is 1. The van der Waals surface area contributed by atoms with Crippen LogP contribution in [0.1, 0.15) is 25.3 Å². The van der Waals surface area contributed by atoms with Crippen molar-refractivity contribution in [1.29, 1.82) is 0 Å². The van der Waals surface area contributed by atoms with E-state index in [2.05, 4.69) is 15.9 Å². The maximum absolute atomic E-state index is 13.1. The molecule has 0 amide bonds. The van der Waals surface area contributed by atoms with Crippen molar-refractivity contribution < 1.29 is 13.5 Å². The quantitative estimate of drug-likeness (QED) is 0.590. The molecule has 0 bridgehead atoms. The molecule has 0 aliphatic carbocycles. The Bertz CT molecular complexity index is 795. The SMILES string of the molecule is C[C@@H](CCO)CCN(Cc1ccc(Br)cc1)S(=O)(=O)c1ccc(Cl)cc1. The van der Waals surface area contributed by atoms with Gasteiger partial charge in [-0.3, -0.25) is 0 Å². The third kappa shape index (κ3) is 6.06. The van der Waals surface area contributed by atoms with Gasteiger partial charge in [0.25, 0.3) is 0 Å². The van der Waals surface area contributed by atoms with Crippen LogP contribution >= 0.6 is 27.5 Å². The summed E-state index contributed by atoms with van der Waals surface area (Å²) in [6, 6.07) is 13.8. The molecule has 0 aromatic heterocycles. The molecule has 0 radical (unpaired) electrons. The molecule has 0 saturated carbocycles. The largest absolute Gasteiger partial charge is 0.396 e. The molecule has 26 heavy (non-hydrogen) atoms. The lowest BCUT2D eigenvalue weighted by Crippen LogP contribution is -2.32. The molecule has 0 spiro atoms. The molecule has 0 unspecified atom stereocenters. The molecule has 2 aromatic rings. The molecule has 0 saturated heterocycles. The van der Waals surface area contributed by atoms with Crippen LogP contribution in [0.25, 0.3) is 0 Å². The summed E-state index contributed by atoms with van der Waals surface area (Å²) in [6.45, 7) is 2.81. The Morgan fingerprint density at radius 2 is 1.69 bits per heavy atom. The van der Waals surface area contributed by atoms with Crippen molar-refractivity contribution in [3.8, 4) is 0 Å². The van der Waals surface area contributed by atoms with Crippen LogP contribution in [-0.2, 0) is 16.6 Å². The Balaban J connectivity index is 2.25. The van der Waals surface area contributed by atoms with Gasteiger partial charge in [-0.25, -0.2) is 8.42 Å². The number of benzene rings is 2. The van der Waals surface area contributed by atoms with Crippen molar-refractivity contribution in [3.05, 3.63) is 63.6 Å². The minimum atomic E-state index is -3.64. The lowest BCUT2D eigenvalue weighted by Gasteiger charge is -2.24. The maximum atomic E-state index is 13.1. The Labute approximate surface area is 169 Å². The van der Waals surface area contributed by atoms with Crippen LogP contribution in [0.15, 0.2) is 57.9 Å². The second kappa shape index (κ2) is 9.85. The van der Waals surface area contributed by atoms with E-state index < -0.39 is 10.0 Å².